The molecule has 0 aliphatic heterocycles. The number of hydrogen-bond acceptors (Lipinski definition) is 4. The number of halogens is 1. The second kappa shape index (κ2) is 5.96. The molecule has 0 aromatic heterocycles. The van der Waals surface area contributed by atoms with Crippen LogP contribution in [0.2, 0.25) is 0 Å². The lowest BCUT2D eigenvalue weighted by Gasteiger charge is -2.17. The van der Waals surface area contributed by atoms with Crippen LogP contribution in [-0.2, 0) is 6.42 Å². The van der Waals surface area contributed by atoms with Crippen LogP contribution >= 0.6 is 15.9 Å². The van der Waals surface area contributed by atoms with Gasteiger partial charge in [-0.15, -0.1) is 0 Å². The molecule has 0 saturated carbocycles. The smallest absolute Gasteiger partial charge is 0.167 e. The molecule has 90 valence electrons. The molecular weight excluding hydrogens is 276 g/mol. The molecule has 4 nitrogen and oxygen atoms in total. The molecule has 0 amide bonds. The van der Waals surface area contributed by atoms with E-state index in [2.05, 4.69) is 15.9 Å². The molecule has 0 aliphatic carbocycles. The highest BCUT2D eigenvalue weighted by molar-refractivity contribution is 9.10. The summed E-state index contributed by atoms with van der Waals surface area (Å²) in [5, 5.41) is 9.05. The Bertz CT molecular complexity index is 365. The Morgan fingerprint density at radius 3 is 2.19 bits per heavy atom. The second-order valence-electron chi connectivity index (χ2n) is 3.08. The lowest BCUT2D eigenvalue weighted by molar-refractivity contribution is 0.290. The average molecular weight is 291 g/mol. The first-order valence-electron chi connectivity index (χ1n) is 4.77. The predicted octanol–water partition coefficient (Wildman–Crippen LogP) is 2.01. The van der Waals surface area contributed by atoms with E-state index in [1.54, 1.807) is 27.4 Å². The summed E-state index contributed by atoms with van der Waals surface area (Å²) >= 11 is 3.39. The SMILES string of the molecule is COc1cc(Br)c(OC)c(CCO)c1OC. The molecule has 0 spiro atoms. The minimum Gasteiger partial charge on any atom is -0.495 e. The highest BCUT2D eigenvalue weighted by atomic mass is 79.9. The number of benzene rings is 1. The first-order valence-corrected chi connectivity index (χ1v) is 5.57. The Morgan fingerprint density at radius 2 is 1.75 bits per heavy atom. The van der Waals surface area contributed by atoms with E-state index >= 15 is 0 Å². The molecule has 0 atom stereocenters. The van der Waals surface area contributed by atoms with Gasteiger partial charge in [0, 0.05) is 24.7 Å². The van der Waals surface area contributed by atoms with Gasteiger partial charge in [0.05, 0.1) is 25.8 Å². The number of methoxy groups -OCH3 is 3. The summed E-state index contributed by atoms with van der Waals surface area (Å²) < 4.78 is 16.5. The van der Waals surface area contributed by atoms with E-state index in [9.17, 15) is 0 Å². The van der Waals surface area contributed by atoms with Gasteiger partial charge in [-0.3, -0.25) is 0 Å². The number of ether oxygens (including phenoxy) is 3. The summed E-state index contributed by atoms with van der Waals surface area (Å²) in [6.45, 7) is 0.0202. The number of rotatable bonds is 5. The van der Waals surface area contributed by atoms with Gasteiger partial charge in [0.2, 0.25) is 0 Å². The van der Waals surface area contributed by atoms with Crippen molar-refractivity contribution in [2.75, 3.05) is 27.9 Å². The standard InChI is InChI=1S/C11H15BrO4/c1-14-9-6-8(12)10(15-2)7(4-5-13)11(9)16-3/h6,13H,4-5H2,1-3H3. The van der Waals surface area contributed by atoms with Crippen molar-refractivity contribution in [3.8, 4) is 17.2 Å². The maximum Gasteiger partial charge on any atom is 0.167 e. The first-order chi connectivity index (χ1) is 7.69. The fourth-order valence-corrected chi connectivity index (χ4v) is 2.19. The first kappa shape index (κ1) is 13.1. The molecule has 1 rings (SSSR count). The maximum atomic E-state index is 9.05. The zero-order valence-corrected chi connectivity index (χ0v) is 11.1. The number of aliphatic hydroxyl groups is 1. The Labute approximate surface area is 103 Å². The molecule has 0 aliphatic rings. The van der Waals surface area contributed by atoms with Crippen LogP contribution in [0.1, 0.15) is 5.56 Å². The Kier molecular flexibility index (Phi) is 4.89. The highest BCUT2D eigenvalue weighted by Crippen LogP contribution is 2.42. The quantitative estimate of drug-likeness (QED) is 0.901. The van der Waals surface area contributed by atoms with Gasteiger partial charge in [0.25, 0.3) is 0 Å². The van der Waals surface area contributed by atoms with Crippen LogP contribution in [0.25, 0.3) is 0 Å². The molecule has 1 N–H and O–H groups in total. The van der Waals surface area contributed by atoms with Crippen LogP contribution in [0.5, 0.6) is 17.2 Å². The van der Waals surface area contributed by atoms with Gasteiger partial charge < -0.3 is 19.3 Å². The normalized spacial score (nSPS) is 10.1. The summed E-state index contributed by atoms with van der Waals surface area (Å²) in [5.41, 5.74) is 0.790. The third-order valence-corrected chi connectivity index (χ3v) is 2.83. The van der Waals surface area contributed by atoms with Crippen molar-refractivity contribution in [3.05, 3.63) is 16.1 Å². The van der Waals surface area contributed by atoms with E-state index in [-0.39, 0.29) is 6.61 Å². The zero-order valence-electron chi connectivity index (χ0n) is 9.54. The van der Waals surface area contributed by atoms with Gasteiger partial charge in [0.1, 0.15) is 5.75 Å². The molecule has 0 fully saturated rings. The summed E-state index contributed by atoms with van der Waals surface area (Å²) in [6.07, 6.45) is 0.447. The van der Waals surface area contributed by atoms with E-state index in [4.69, 9.17) is 19.3 Å². The molecule has 0 bridgehead atoms. The van der Waals surface area contributed by atoms with Crippen molar-refractivity contribution in [1.29, 1.82) is 0 Å². The lowest BCUT2D eigenvalue weighted by atomic mass is 10.1. The molecule has 1 aromatic carbocycles. The van der Waals surface area contributed by atoms with E-state index in [1.165, 1.54) is 0 Å². The highest BCUT2D eigenvalue weighted by Gasteiger charge is 2.18. The van der Waals surface area contributed by atoms with Crippen molar-refractivity contribution in [3.63, 3.8) is 0 Å². The molecule has 0 heterocycles. The van der Waals surface area contributed by atoms with Gasteiger partial charge in [-0.1, -0.05) is 0 Å². The van der Waals surface area contributed by atoms with Crippen LogP contribution < -0.4 is 14.2 Å². The van der Waals surface area contributed by atoms with Crippen molar-refractivity contribution >= 4 is 15.9 Å². The van der Waals surface area contributed by atoms with Crippen LogP contribution in [-0.4, -0.2) is 33.0 Å². The van der Waals surface area contributed by atoms with Crippen LogP contribution in [0.3, 0.4) is 0 Å². The molecule has 1 aromatic rings. The van der Waals surface area contributed by atoms with Gasteiger partial charge in [-0.2, -0.15) is 0 Å². The molecule has 16 heavy (non-hydrogen) atoms. The second-order valence-corrected chi connectivity index (χ2v) is 3.93. The summed E-state index contributed by atoms with van der Waals surface area (Å²) in [4.78, 5) is 0. The number of aliphatic hydroxyl groups excluding tert-OH is 1. The van der Waals surface area contributed by atoms with Crippen molar-refractivity contribution < 1.29 is 19.3 Å². The van der Waals surface area contributed by atoms with Crippen molar-refractivity contribution in [2.24, 2.45) is 0 Å². The van der Waals surface area contributed by atoms with Crippen molar-refractivity contribution in [2.45, 2.75) is 6.42 Å². The molecular formula is C11H15BrO4. The Balaban J connectivity index is 3.40. The number of hydrogen-bond donors (Lipinski definition) is 1. The third kappa shape index (κ3) is 2.41. The fourth-order valence-electron chi connectivity index (χ4n) is 1.58. The summed E-state index contributed by atoms with van der Waals surface area (Å²) in [7, 11) is 4.71. The Morgan fingerprint density at radius 1 is 1.12 bits per heavy atom. The molecule has 0 unspecified atom stereocenters. The molecule has 0 saturated heterocycles. The maximum absolute atomic E-state index is 9.05. The van der Waals surface area contributed by atoms with Crippen LogP contribution in [0, 0.1) is 0 Å². The van der Waals surface area contributed by atoms with Gasteiger partial charge >= 0.3 is 0 Å². The van der Waals surface area contributed by atoms with Crippen molar-refractivity contribution in [1.82, 2.24) is 0 Å². The third-order valence-electron chi connectivity index (χ3n) is 2.24. The Hall–Kier alpha value is -0.940. The minimum absolute atomic E-state index is 0.0202. The van der Waals surface area contributed by atoms with E-state index in [1.807, 2.05) is 0 Å². The van der Waals surface area contributed by atoms with E-state index < -0.39 is 0 Å². The monoisotopic (exact) mass is 290 g/mol. The van der Waals surface area contributed by atoms with Gasteiger partial charge in [0.15, 0.2) is 11.5 Å². The lowest BCUT2D eigenvalue weighted by Crippen LogP contribution is -2.02. The van der Waals surface area contributed by atoms with E-state index in [0.29, 0.717) is 23.7 Å². The summed E-state index contributed by atoms with van der Waals surface area (Å²) in [5.74, 6) is 1.86. The van der Waals surface area contributed by atoms with Gasteiger partial charge in [-0.25, -0.2) is 0 Å². The van der Waals surface area contributed by atoms with Crippen LogP contribution in [0.15, 0.2) is 10.5 Å². The summed E-state index contributed by atoms with van der Waals surface area (Å²) in [6, 6.07) is 1.78. The zero-order chi connectivity index (χ0) is 12.1. The predicted molar refractivity (Wildman–Crippen MR) is 64.6 cm³/mol. The minimum atomic E-state index is 0.0202. The average Bonchev–Trinajstić information content (AvgIpc) is 2.29. The molecule has 5 heteroatoms. The van der Waals surface area contributed by atoms with Crippen LogP contribution in [0.4, 0.5) is 0 Å². The van der Waals surface area contributed by atoms with Gasteiger partial charge in [-0.05, 0) is 15.9 Å². The largest absolute Gasteiger partial charge is 0.495 e. The molecule has 0 radical (unpaired) electrons. The van der Waals surface area contributed by atoms with E-state index in [0.717, 1.165) is 10.0 Å². The fraction of sp³-hybridized carbons (Fsp3) is 0.455. The topological polar surface area (TPSA) is 47.9 Å².